The molecule has 1 saturated carbocycles. The van der Waals surface area contributed by atoms with Crippen LogP contribution < -0.4 is 0 Å². The summed E-state index contributed by atoms with van der Waals surface area (Å²) in [5.74, 6) is -0.766. The van der Waals surface area contributed by atoms with E-state index in [1.54, 1.807) is 6.20 Å². The summed E-state index contributed by atoms with van der Waals surface area (Å²) in [6.07, 6.45) is 5.99. The molecule has 4 heteroatoms. The smallest absolute Gasteiger partial charge is 0.315 e. The number of aromatic nitrogens is 2. The first-order valence-corrected chi connectivity index (χ1v) is 6.68. The molecule has 19 heavy (non-hydrogen) atoms. The fourth-order valence-corrected chi connectivity index (χ4v) is 3.09. The normalized spacial score (nSPS) is 18.3. The van der Waals surface area contributed by atoms with Gasteiger partial charge in [0.2, 0.25) is 0 Å². The summed E-state index contributed by atoms with van der Waals surface area (Å²) in [4.78, 5) is 11.9. The Morgan fingerprint density at radius 3 is 2.63 bits per heavy atom. The lowest BCUT2D eigenvalue weighted by Crippen LogP contribution is -2.39. The van der Waals surface area contributed by atoms with Crippen molar-refractivity contribution in [3.05, 3.63) is 36.2 Å². The van der Waals surface area contributed by atoms with Gasteiger partial charge in [-0.1, -0.05) is 43.5 Å². The van der Waals surface area contributed by atoms with Crippen LogP contribution in [0.4, 0.5) is 0 Å². The second-order valence-electron chi connectivity index (χ2n) is 5.23. The fourth-order valence-electron chi connectivity index (χ4n) is 3.09. The molecular formula is C15H16N2O2. The minimum atomic E-state index is -0.855. The number of nitrogens with zero attached hydrogens (tertiary/aromatic N) is 2. The number of carboxylic acid groups (broad SMARTS) is 1. The van der Waals surface area contributed by atoms with Crippen molar-refractivity contribution in [3.63, 3.8) is 0 Å². The predicted molar refractivity (Wildman–Crippen MR) is 71.9 cm³/mol. The van der Waals surface area contributed by atoms with E-state index in [2.05, 4.69) is 10.2 Å². The van der Waals surface area contributed by atoms with Crippen LogP contribution in [0.15, 0.2) is 30.5 Å². The number of carboxylic acids is 1. The molecule has 1 fully saturated rings. The van der Waals surface area contributed by atoms with Crippen LogP contribution in [0, 0.1) is 0 Å². The van der Waals surface area contributed by atoms with Crippen molar-refractivity contribution in [2.24, 2.45) is 0 Å². The average molecular weight is 256 g/mol. The minimum absolute atomic E-state index is 0.637. The molecule has 0 spiro atoms. The highest BCUT2D eigenvalue weighted by atomic mass is 16.4. The molecule has 98 valence electrons. The maximum Gasteiger partial charge on any atom is 0.315 e. The number of fused-ring (bicyclic) bond motifs is 1. The Labute approximate surface area is 111 Å². The van der Waals surface area contributed by atoms with Crippen LogP contribution >= 0.6 is 0 Å². The number of aliphatic carboxylic acids is 1. The molecule has 1 N–H and O–H groups in total. The van der Waals surface area contributed by atoms with Crippen molar-refractivity contribution in [2.75, 3.05) is 0 Å². The standard InChI is InChI=1S/C15H16N2O2/c18-14(19)15(8-4-1-5-9-15)13-12-7-3-2-6-11(12)10-16-17-13/h2-3,6-7,10H,1,4-5,8-9H2,(H,18,19). The van der Waals surface area contributed by atoms with E-state index in [1.165, 1.54) is 0 Å². The second-order valence-corrected chi connectivity index (χ2v) is 5.23. The van der Waals surface area contributed by atoms with Crippen LogP contribution in [0.5, 0.6) is 0 Å². The SMILES string of the molecule is O=C(O)C1(c2nncc3ccccc23)CCCCC1. The maximum atomic E-state index is 11.9. The topological polar surface area (TPSA) is 63.1 Å². The molecule has 0 atom stereocenters. The molecule has 0 saturated heterocycles. The number of rotatable bonds is 2. The molecule has 0 amide bonds. The third-order valence-electron chi connectivity index (χ3n) is 4.14. The first-order chi connectivity index (χ1) is 9.24. The zero-order valence-corrected chi connectivity index (χ0v) is 10.7. The van der Waals surface area contributed by atoms with Crippen LogP contribution in [0.1, 0.15) is 37.8 Å². The number of carbonyl (C=O) groups is 1. The van der Waals surface area contributed by atoms with Crippen molar-refractivity contribution in [1.29, 1.82) is 0 Å². The van der Waals surface area contributed by atoms with Crippen molar-refractivity contribution < 1.29 is 9.90 Å². The largest absolute Gasteiger partial charge is 0.481 e. The summed E-state index contributed by atoms with van der Waals surface area (Å²) in [7, 11) is 0. The van der Waals surface area contributed by atoms with Crippen molar-refractivity contribution in [2.45, 2.75) is 37.5 Å². The zero-order chi connectivity index (χ0) is 13.3. The molecule has 1 aliphatic carbocycles. The van der Waals surface area contributed by atoms with E-state index < -0.39 is 11.4 Å². The quantitative estimate of drug-likeness (QED) is 0.897. The molecular weight excluding hydrogens is 240 g/mol. The highest BCUT2D eigenvalue weighted by Gasteiger charge is 2.44. The van der Waals surface area contributed by atoms with Crippen molar-refractivity contribution >= 4 is 16.7 Å². The Kier molecular flexibility index (Phi) is 2.93. The Morgan fingerprint density at radius 2 is 1.89 bits per heavy atom. The molecule has 0 aliphatic heterocycles. The van der Waals surface area contributed by atoms with Crippen molar-refractivity contribution in [3.8, 4) is 0 Å². The predicted octanol–water partition coefficient (Wildman–Crippen LogP) is 2.92. The van der Waals surface area contributed by atoms with Gasteiger partial charge in [-0.2, -0.15) is 10.2 Å². The van der Waals surface area contributed by atoms with Gasteiger partial charge in [0.25, 0.3) is 0 Å². The van der Waals surface area contributed by atoms with Gasteiger partial charge >= 0.3 is 5.97 Å². The highest BCUT2D eigenvalue weighted by molar-refractivity contribution is 5.91. The monoisotopic (exact) mass is 256 g/mol. The van der Waals surface area contributed by atoms with Crippen LogP contribution in [0.2, 0.25) is 0 Å². The number of hydrogen-bond acceptors (Lipinski definition) is 3. The lowest BCUT2D eigenvalue weighted by atomic mass is 9.70. The highest BCUT2D eigenvalue weighted by Crippen LogP contribution is 2.41. The molecule has 1 aromatic heterocycles. The molecule has 4 nitrogen and oxygen atoms in total. The first-order valence-electron chi connectivity index (χ1n) is 6.68. The summed E-state index contributed by atoms with van der Waals surface area (Å²) in [5, 5.41) is 19.8. The molecule has 0 radical (unpaired) electrons. The summed E-state index contributed by atoms with van der Waals surface area (Å²) in [5.41, 5.74) is -0.218. The number of benzene rings is 1. The summed E-state index contributed by atoms with van der Waals surface area (Å²) in [6, 6.07) is 7.75. The molecule has 0 bridgehead atoms. The van der Waals surface area contributed by atoms with Gasteiger partial charge in [0, 0.05) is 10.8 Å². The Morgan fingerprint density at radius 1 is 1.16 bits per heavy atom. The van der Waals surface area contributed by atoms with Gasteiger partial charge in [-0.3, -0.25) is 4.79 Å². The first kappa shape index (κ1) is 12.1. The molecule has 3 rings (SSSR count). The maximum absolute atomic E-state index is 11.9. The summed E-state index contributed by atoms with van der Waals surface area (Å²) in [6.45, 7) is 0. The number of hydrogen-bond donors (Lipinski definition) is 1. The van der Waals surface area contributed by atoms with Gasteiger partial charge in [-0.05, 0) is 12.8 Å². The van der Waals surface area contributed by atoms with E-state index in [9.17, 15) is 9.90 Å². The average Bonchev–Trinajstić information content (AvgIpc) is 2.47. The van der Waals surface area contributed by atoms with Crippen LogP contribution in [0.25, 0.3) is 10.8 Å². The van der Waals surface area contributed by atoms with E-state index in [4.69, 9.17) is 0 Å². The van der Waals surface area contributed by atoms with Gasteiger partial charge < -0.3 is 5.11 Å². The van der Waals surface area contributed by atoms with Crippen molar-refractivity contribution in [1.82, 2.24) is 10.2 Å². The Hall–Kier alpha value is -1.97. The van der Waals surface area contributed by atoms with Crippen LogP contribution in [-0.2, 0) is 10.2 Å². The van der Waals surface area contributed by atoms with E-state index in [-0.39, 0.29) is 0 Å². The van der Waals surface area contributed by atoms with E-state index in [0.29, 0.717) is 18.5 Å². The van der Waals surface area contributed by atoms with E-state index in [0.717, 1.165) is 30.0 Å². The molecule has 1 aliphatic rings. The third kappa shape index (κ3) is 1.87. The van der Waals surface area contributed by atoms with Crippen LogP contribution in [-0.4, -0.2) is 21.3 Å². The summed E-state index contributed by atoms with van der Waals surface area (Å²) < 4.78 is 0. The van der Waals surface area contributed by atoms with Gasteiger partial charge in [0.15, 0.2) is 0 Å². The summed E-state index contributed by atoms with van der Waals surface area (Å²) >= 11 is 0. The zero-order valence-electron chi connectivity index (χ0n) is 10.7. The molecule has 1 aromatic carbocycles. The lowest BCUT2D eigenvalue weighted by Gasteiger charge is -2.32. The van der Waals surface area contributed by atoms with Gasteiger partial charge in [0.1, 0.15) is 5.41 Å². The molecule has 1 heterocycles. The van der Waals surface area contributed by atoms with Gasteiger partial charge in [-0.15, -0.1) is 0 Å². The van der Waals surface area contributed by atoms with Gasteiger partial charge in [-0.25, -0.2) is 0 Å². The Bertz CT molecular complexity index is 613. The molecule has 0 unspecified atom stereocenters. The second kappa shape index (κ2) is 4.61. The van der Waals surface area contributed by atoms with Gasteiger partial charge in [0.05, 0.1) is 11.9 Å². The third-order valence-corrected chi connectivity index (χ3v) is 4.14. The minimum Gasteiger partial charge on any atom is -0.481 e. The molecule has 2 aromatic rings. The Balaban J connectivity index is 2.23. The van der Waals surface area contributed by atoms with E-state index in [1.807, 2.05) is 24.3 Å². The van der Waals surface area contributed by atoms with Crippen LogP contribution in [0.3, 0.4) is 0 Å². The fraction of sp³-hybridized carbons (Fsp3) is 0.400. The van der Waals surface area contributed by atoms with E-state index >= 15 is 0 Å². The lowest BCUT2D eigenvalue weighted by molar-refractivity contribution is -0.145.